The van der Waals surface area contributed by atoms with Crippen LogP contribution in [0.2, 0.25) is 0 Å². The Bertz CT molecular complexity index is 870. The van der Waals surface area contributed by atoms with Crippen LogP contribution in [0.5, 0.6) is 0 Å². The molecular weight excluding hydrogens is 342 g/mol. The van der Waals surface area contributed by atoms with Crippen LogP contribution in [-0.2, 0) is 15.1 Å². The molecule has 2 aliphatic rings. The summed E-state index contributed by atoms with van der Waals surface area (Å²) in [5.74, 6) is -0.117. The number of carbonyl (C=O) groups is 2. The van der Waals surface area contributed by atoms with Crippen molar-refractivity contribution in [1.82, 2.24) is 14.8 Å². The van der Waals surface area contributed by atoms with Gasteiger partial charge in [0, 0.05) is 26.3 Å². The van der Waals surface area contributed by atoms with Crippen molar-refractivity contribution in [3.63, 3.8) is 0 Å². The topological polar surface area (TPSA) is 62.7 Å². The molecule has 2 fully saturated rings. The van der Waals surface area contributed by atoms with Gasteiger partial charge in [0.15, 0.2) is 0 Å². The molecule has 0 bridgehead atoms. The number of pyridine rings is 1. The second-order valence-electron chi connectivity index (χ2n) is 7.21. The first kappa shape index (κ1) is 17.7. The number of benzene rings is 1. The number of aryl methyl sites for hydroxylation is 1. The second-order valence-corrected chi connectivity index (χ2v) is 7.21. The average Bonchev–Trinajstić information content (AvgIpc) is 2.71. The van der Waals surface area contributed by atoms with Crippen molar-refractivity contribution in [1.29, 1.82) is 0 Å². The SMILES string of the molecule is Cc1cccnc1C(=O)N1CC[C@]2(c3ccccc3)[C@@H](C1)OCC(=O)N2C. The minimum atomic E-state index is -0.549. The summed E-state index contributed by atoms with van der Waals surface area (Å²) in [6.07, 6.45) is 1.99. The standard InChI is InChI=1S/C21H23N3O3/c1-15-7-6-11-22-19(15)20(26)24-12-10-21(16-8-4-3-5-9-16)17(13-24)27-14-18(25)23(21)2/h3-9,11,17H,10,12-14H2,1-2H3/t17-,21+/m1/s1. The Morgan fingerprint density at radius 2 is 2.00 bits per heavy atom. The molecule has 6 nitrogen and oxygen atoms in total. The number of hydrogen-bond donors (Lipinski definition) is 0. The number of likely N-dealkylation sites (N-methyl/N-ethyl adjacent to an activating group) is 1. The average molecular weight is 365 g/mol. The van der Waals surface area contributed by atoms with Crippen molar-refractivity contribution in [2.45, 2.75) is 25.0 Å². The molecule has 0 N–H and O–H groups in total. The lowest BCUT2D eigenvalue weighted by molar-refractivity contribution is -0.180. The highest BCUT2D eigenvalue weighted by Crippen LogP contribution is 2.42. The summed E-state index contributed by atoms with van der Waals surface area (Å²) in [6, 6.07) is 13.7. The fourth-order valence-electron chi connectivity index (χ4n) is 4.27. The second kappa shape index (κ2) is 6.78. The van der Waals surface area contributed by atoms with Crippen LogP contribution in [-0.4, -0.2) is 59.4 Å². The van der Waals surface area contributed by atoms with E-state index >= 15 is 0 Å². The molecule has 2 amide bonds. The molecule has 0 unspecified atom stereocenters. The lowest BCUT2D eigenvalue weighted by Gasteiger charge is -2.54. The normalized spacial score (nSPS) is 25.3. The highest BCUT2D eigenvalue weighted by molar-refractivity contribution is 5.93. The van der Waals surface area contributed by atoms with E-state index in [1.165, 1.54) is 0 Å². The minimum Gasteiger partial charge on any atom is -0.364 e. The smallest absolute Gasteiger partial charge is 0.272 e. The first-order valence-corrected chi connectivity index (χ1v) is 9.18. The minimum absolute atomic E-state index is 0.0320. The van der Waals surface area contributed by atoms with Crippen LogP contribution in [0, 0.1) is 6.92 Å². The molecule has 3 heterocycles. The van der Waals surface area contributed by atoms with Gasteiger partial charge >= 0.3 is 0 Å². The molecule has 0 aliphatic carbocycles. The number of aromatic nitrogens is 1. The first-order valence-electron chi connectivity index (χ1n) is 9.18. The summed E-state index contributed by atoms with van der Waals surface area (Å²) in [7, 11) is 1.84. The fraction of sp³-hybridized carbons (Fsp3) is 0.381. The molecule has 4 rings (SSSR count). The number of piperidine rings is 1. The highest BCUT2D eigenvalue weighted by Gasteiger charge is 2.53. The van der Waals surface area contributed by atoms with E-state index in [9.17, 15) is 9.59 Å². The van der Waals surface area contributed by atoms with Crippen LogP contribution < -0.4 is 0 Å². The van der Waals surface area contributed by atoms with E-state index in [1.807, 2.05) is 61.3 Å². The van der Waals surface area contributed by atoms with Crippen molar-refractivity contribution in [3.05, 3.63) is 65.5 Å². The third-order valence-electron chi connectivity index (χ3n) is 5.84. The summed E-state index contributed by atoms with van der Waals surface area (Å²) >= 11 is 0. The maximum absolute atomic E-state index is 13.0. The lowest BCUT2D eigenvalue weighted by Crippen LogP contribution is -2.67. The quantitative estimate of drug-likeness (QED) is 0.817. The third kappa shape index (κ3) is 2.80. The molecule has 2 atom stereocenters. The largest absolute Gasteiger partial charge is 0.364 e. The van der Waals surface area contributed by atoms with Crippen molar-refractivity contribution in [2.75, 3.05) is 26.7 Å². The zero-order chi connectivity index (χ0) is 19.0. The van der Waals surface area contributed by atoms with Crippen molar-refractivity contribution in [2.24, 2.45) is 0 Å². The molecule has 1 aromatic heterocycles. The van der Waals surface area contributed by atoms with E-state index in [1.54, 1.807) is 11.1 Å². The van der Waals surface area contributed by atoms with Gasteiger partial charge in [-0.25, -0.2) is 0 Å². The number of carbonyl (C=O) groups excluding carboxylic acids is 2. The van der Waals surface area contributed by atoms with E-state index in [4.69, 9.17) is 4.74 Å². The molecule has 0 saturated carbocycles. The number of likely N-dealkylation sites (tertiary alicyclic amines) is 1. The number of ether oxygens (including phenoxy) is 1. The van der Waals surface area contributed by atoms with Crippen molar-refractivity contribution >= 4 is 11.8 Å². The summed E-state index contributed by atoms with van der Waals surface area (Å²) in [5, 5.41) is 0. The summed E-state index contributed by atoms with van der Waals surface area (Å²) in [4.78, 5) is 33.3. The van der Waals surface area contributed by atoms with E-state index in [2.05, 4.69) is 4.98 Å². The molecule has 0 spiro atoms. The molecule has 6 heteroatoms. The number of hydrogen-bond acceptors (Lipinski definition) is 4. The molecule has 0 radical (unpaired) electrons. The van der Waals surface area contributed by atoms with E-state index < -0.39 is 5.54 Å². The van der Waals surface area contributed by atoms with Crippen LogP contribution >= 0.6 is 0 Å². The Kier molecular flexibility index (Phi) is 4.44. The zero-order valence-electron chi connectivity index (χ0n) is 15.6. The van der Waals surface area contributed by atoms with Crippen LogP contribution in [0.3, 0.4) is 0 Å². The van der Waals surface area contributed by atoms with E-state index in [-0.39, 0.29) is 24.5 Å². The van der Waals surface area contributed by atoms with Gasteiger partial charge in [0.25, 0.3) is 5.91 Å². The lowest BCUT2D eigenvalue weighted by atomic mass is 9.76. The van der Waals surface area contributed by atoms with E-state index in [0.29, 0.717) is 25.2 Å². The first-order chi connectivity index (χ1) is 13.0. The van der Waals surface area contributed by atoms with Gasteiger partial charge in [-0.15, -0.1) is 0 Å². The van der Waals surface area contributed by atoms with Gasteiger partial charge in [-0.1, -0.05) is 36.4 Å². The fourth-order valence-corrected chi connectivity index (χ4v) is 4.27. The third-order valence-corrected chi connectivity index (χ3v) is 5.84. The van der Waals surface area contributed by atoms with Crippen molar-refractivity contribution < 1.29 is 14.3 Å². The van der Waals surface area contributed by atoms with Gasteiger partial charge in [0.05, 0.1) is 5.54 Å². The van der Waals surface area contributed by atoms with Crippen LogP contribution in [0.15, 0.2) is 48.7 Å². The molecule has 2 aromatic rings. The van der Waals surface area contributed by atoms with Crippen molar-refractivity contribution in [3.8, 4) is 0 Å². The summed E-state index contributed by atoms with van der Waals surface area (Å²) in [5.41, 5.74) is 1.84. The summed E-state index contributed by atoms with van der Waals surface area (Å²) in [6.45, 7) is 2.91. The Morgan fingerprint density at radius 3 is 2.74 bits per heavy atom. The highest BCUT2D eigenvalue weighted by atomic mass is 16.5. The molecule has 140 valence electrons. The maximum atomic E-state index is 13.0. The zero-order valence-corrected chi connectivity index (χ0v) is 15.6. The summed E-state index contributed by atoms with van der Waals surface area (Å²) < 4.78 is 5.96. The molecule has 27 heavy (non-hydrogen) atoms. The number of nitrogens with zero attached hydrogens (tertiary/aromatic N) is 3. The van der Waals surface area contributed by atoms with Crippen LogP contribution in [0.1, 0.15) is 28.0 Å². The Labute approximate surface area is 158 Å². The van der Waals surface area contributed by atoms with Gasteiger partial charge < -0.3 is 14.5 Å². The number of rotatable bonds is 2. The van der Waals surface area contributed by atoms with Gasteiger partial charge in [-0.2, -0.15) is 0 Å². The predicted molar refractivity (Wildman–Crippen MR) is 100 cm³/mol. The van der Waals surface area contributed by atoms with Gasteiger partial charge in [0.1, 0.15) is 18.4 Å². The number of amides is 2. The monoisotopic (exact) mass is 365 g/mol. The molecule has 1 aromatic carbocycles. The Balaban J connectivity index is 1.67. The molecule has 2 saturated heterocycles. The number of morpholine rings is 1. The number of fused-ring (bicyclic) bond motifs is 1. The van der Waals surface area contributed by atoms with Crippen LogP contribution in [0.25, 0.3) is 0 Å². The Morgan fingerprint density at radius 1 is 1.22 bits per heavy atom. The van der Waals surface area contributed by atoms with Gasteiger partial charge in [-0.05, 0) is 30.5 Å². The molecular formula is C21H23N3O3. The van der Waals surface area contributed by atoms with Gasteiger partial charge in [0.2, 0.25) is 5.91 Å². The predicted octanol–water partition coefficient (Wildman–Crippen LogP) is 1.99. The Hall–Kier alpha value is -2.73. The van der Waals surface area contributed by atoms with Crippen LogP contribution in [0.4, 0.5) is 0 Å². The molecule has 2 aliphatic heterocycles. The van der Waals surface area contributed by atoms with Gasteiger partial charge in [-0.3, -0.25) is 14.6 Å². The van der Waals surface area contributed by atoms with E-state index in [0.717, 1.165) is 11.1 Å². The maximum Gasteiger partial charge on any atom is 0.272 e.